The molecule has 0 aliphatic carbocycles. The normalized spacial score (nSPS) is 12.4. The van der Waals surface area contributed by atoms with Crippen LogP contribution in [-0.2, 0) is 17.1 Å². The Hall–Kier alpha value is -2.69. The Morgan fingerprint density at radius 2 is 1.93 bits per heavy atom. The minimum atomic E-state index is -3.78. The fourth-order valence-corrected chi connectivity index (χ4v) is 4.44. The summed E-state index contributed by atoms with van der Waals surface area (Å²) in [6, 6.07) is 13.7. The van der Waals surface area contributed by atoms with Crippen LogP contribution in [0.25, 0.3) is 0 Å². The van der Waals surface area contributed by atoms with E-state index in [0.717, 1.165) is 5.56 Å². The summed E-state index contributed by atoms with van der Waals surface area (Å²) in [5, 5.41) is 6.79. The maximum absolute atomic E-state index is 13.0. The highest BCUT2D eigenvalue weighted by atomic mass is 79.9. The van der Waals surface area contributed by atoms with Crippen molar-refractivity contribution in [2.24, 2.45) is 7.05 Å². The molecule has 30 heavy (non-hydrogen) atoms. The molecule has 0 saturated heterocycles. The number of nitrogens with one attached hydrogen (secondary N) is 2. The molecule has 3 aromatic rings. The first-order valence-corrected chi connectivity index (χ1v) is 11.3. The van der Waals surface area contributed by atoms with Gasteiger partial charge in [0, 0.05) is 19.8 Å². The van der Waals surface area contributed by atoms with Crippen LogP contribution in [0.1, 0.15) is 22.0 Å². The zero-order chi connectivity index (χ0) is 21.7. The minimum absolute atomic E-state index is 0.0384. The molecule has 1 unspecified atom stereocenters. The number of rotatable bonds is 8. The zero-order valence-electron chi connectivity index (χ0n) is 16.4. The van der Waals surface area contributed by atoms with Crippen LogP contribution in [0.5, 0.6) is 5.75 Å². The van der Waals surface area contributed by atoms with E-state index in [4.69, 9.17) is 4.74 Å². The molecular weight excluding hydrogens is 472 g/mol. The predicted octanol–water partition coefficient (Wildman–Crippen LogP) is 2.64. The predicted molar refractivity (Wildman–Crippen MR) is 116 cm³/mol. The van der Waals surface area contributed by atoms with Crippen molar-refractivity contribution < 1.29 is 17.9 Å². The van der Waals surface area contributed by atoms with E-state index in [1.807, 2.05) is 30.3 Å². The summed E-state index contributed by atoms with van der Waals surface area (Å²) in [5.74, 6) is 0.0142. The first-order valence-electron chi connectivity index (χ1n) is 8.98. The van der Waals surface area contributed by atoms with Gasteiger partial charge in [-0.05, 0) is 33.6 Å². The average Bonchev–Trinajstić information content (AvgIpc) is 3.18. The van der Waals surface area contributed by atoms with Gasteiger partial charge in [-0.3, -0.25) is 9.48 Å². The van der Waals surface area contributed by atoms with Gasteiger partial charge < -0.3 is 10.1 Å². The van der Waals surface area contributed by atoms with Gasteiger partial charge in [-0.25, -0.2) is 13.1 Å². The molecular formula is C20H21BrN4O4S. The summed E-state index contributed by atoms with van der Waals surface area (Å²) < 4.78 is 35.1. The first-order chi connectivity index (χ1) is 14.3. The van der Waals surface area contributed by atoms with Gasteiger partial charge in [-0.2, -0.15) is 5.10 Å². The van der Waals surface area contributed by atoms with Crippen LogP contribution in [0.4, 0.5) is 0 Å². The highest BCUT2D eigenvalue weighted by Crippen LogP contribution is 2.29. The number of benzene rings is 2. The quantitative estimate of drug-likeness (QED) is 0.503. The molecule has 1 amide bonds. The van der Waals surface area contributed by atoms with Gasteiger partial charge in [-0.15, -0.1) is 0 Å². The molecule has 1 atom stereocenters. The Balaban J connectivity index is 1.84. The van der Waals surface area contributed by atoms with E-state index in [1.54, 1.807) is 25.2 Å². The van der Waals surface area contributed by atoms with Crippen molar-refractivity contribution in [3.63, 3.8) is 0 Å². The smallest absolute Gasteiger partial charge is 0.255 e. The molecule has 2 aromatic carbocycles. The van der Waals surface area contributed by atoms with E-state index in [1.165, 1.54) is 24.2 Å². The zero-order valence-corrected chi connectivity index (χ0v) is 18.8. The number of aromatic nitrogens is 2. The fourth-order valence-electron chi connectivity index (χ4n) is 2.88. The summed E-state index contributed by atoms with van der Waals surface area (Å²) >= 11 is 3.37. The third-order valence-electron chi connectivity index (χ3n) is 4.39. The second-order valence-electron chi connectivity index (χ2n) is 6.46. The number of ether oxygens (including phenoxy) is 1. The molecule has 0 bridgehead atoms. The van der Waals surface area contributed by atoms with E-state index in [-0.39, 0.29) is 17.3 Å². The number of hydrogen-bond acceptors (Lipinski definition) is 5. The monoisotopic (exact) mass is 492 g/mol. The van der Waals surface area contributed by atoms with Crippen molar-refractivity contribution in [1.82, 2.24) is 19.8 Å². The molecule has 1 aromatic heterocycles. The average molecular weight is 493 g/mol. The highest BCUT2D eigenvalue weighted by molar-refractivity contribution is 9.10. The van der Waals surface area contributed by atoms with Crippen LogP contribution in [-0.4, -0.2) is 37.8 Å². The number of halogens is 1. The van der Waals surface area contributed by atoms with Crippen molar-refractivity contribution in [3.8, 4) is 5.75 Å². The van der Waals surface area contributed by atoms with Gasteiger partial charge in [-0.1, -0.05) is 36.4 Å². The molecule has 0 saturated carbocycles. The number of carbonyl (C=O) groups excluding carboxylic acids is 1. The van der Waals surface area contributed by atoms with Crippen molar-refractivity contribution in [2.45, 2.75) is 10.9 Å². The number of para-hydroxylation sites is 1. The minimum Gasteiger partial charge on any atom is -0.495 e. The second-order valence-corrected chi connectivity index (χ2v) is 9.08. The summed E-state index contributed by atoms with van der Waals surface area (Å²) in [6.45, 7) is -0.0384. The Kier molecular flexibility index (Phi) is 6.91. The summed E-state index contributed by atoms with van der Waals surface area (Å²) in [4.78, 5) is 13.0. The number of carbonyl (C=O) groups is 1. The molecule has 0 spiro atoms. The van der Waals surface area contributed by atoms with Gasteiger partial charge in [0.2, 0.25) is 10.0 Å². The lowest BCUT2D eigenvalue weighted by atomic mass is 10.1. The summed E-state index contributed by atoms with van der Waals surface area (Å²) in [7, 11) is -0.663. The number of sulfonamides is 1. The molecule has 1 heterocycles. The van der Waals surface area contributed by atoms with E-state index in [0.29, 0.717) is 15.8 Å². The Morgan fingerprint density at radius 1 is 1.20 bits per heavy atom. The molecule has 3 rings (SSSR count). The maximum atomic E-state index is 13.0. The molecule has 158 valence electrons. The first kappa shape index (κ1) is 22.0. The number of amides is 1. The SMILES string of the molecule is COc1c(Br)cccc1C(=O)NC(CNS(=O)(=O)c1cnn(C)c1)c1ccccc1. The summed E-state index contributed by atoms with van der Waals surface area (Å²) in [6.07, 6.45) is 2.68. The Bertz CT molecular complexity index is 1130. The third kappa shape index (κ3) is 5.07. The standard InChI is InChI=1S/C20H21BrN4O4S/c1-25-13-15(11-22-25)30(27,28)23-12-18(14-7-4-3-5-8-14)24-20(26)16-9-6-10-17(21)19(16)29-2/h3-11,13,18,23H,12H2,1-2H3,(H,24,26). The molecule has 0 aliphatic heterocycles. The van der Waals surface area contributed by atoms with Gasteiger partial charge in [0.15, 0.2) is 0 Å². The van der Waals surface area contributed by atoms with Crippen molar-refractivity contribution in [1.29, 1.82) is 0 Å². The maximum Gasteiger partial charge on any atom is 0.255 e. The van der Waals surface area contributed by atoms with E-state index in [2.05, 4.69) is 31.1 Å². The van der Waals surface area contributed by atoms with Gasteiger partial charge in [0.05, 0.1) is 29.4 Å². The lowest BCUT2D eigenvalue weighted by molar-refractivity contribution is 0.0934. The van der Waals surface area contributed by atoms with E-state index in [9.17, 15) is 13.2 Å². The Morgan fingerprint density at radius 3 is 2.57 bits per heavy atom. The van der Waals surface area contributed by atoms with Crippen LogP contribution in [0, 0.1) is 0 Å². The fraction of sp³-hybridized carbons (Fsp3) is 0.200. The molecule has 0 fully saturated rings. The molecule has 0 radical (unpaired) electrons. The highest BCUT2D eigenvalue weighted by Gasteiger charge is 2.23. The van der Waals surface area contributed by atoms with Crippen LogP contribution < -0.4 is 14.8 Å². The lowest BCUT2D eigenvalue weighted by Gasteiger charge is -2.20. The summed E-state index contributed by atoms with van der Waals surface area (Å²) in [5.41, 5.74) is 1.09. The number of aryl methyl sites for hydroxylation is 1. The lowest BCUT2D eigenvalue weighted by Crippen LogP contribution is -2.38. The second kappa shape index (κ2) is 9.41. The molecule has 8 nitrogen and oxygen atoms in total. The van der Waals surface area contributed by atoms with Crippen LogP contribution in [0.15, 0.2) is 70.3 Å². The topological polar surface area (TPSA) is 102 Å². The number of nitrogens with zero attached hydrogens (tertiary/aromatic N) is 2. The van der Waals surface area contributed by atoms with Crippen LogP contribution in [0.2, 0.25) is 0 Å². The Labute approximate surface area is 183 Å². The van der Waals surface area contributed by atoms with Gasteiger partial charge in [0.25, 0.3) is 5.91 Å². The van der Waals surface area contributed by atoms with Crippen molar-refractivity contribution in [3.05, 3.63) is 76.5 Å². The van der Waals surface area contributed by atoms with Gasteiger partial charge in [0.1, 0.15) is 10.6 Å². The molecule has 2 N–H and O–H groups in total. The number of hydrogen-bond donors (Lipinski definition) is 2. The third-order valence-corrected chi connectivity index (χ3v) is 6.39. The van der Waals surface area contributed by atoms with E-state index >= 15 is 0 Å². The number of methoxy groups -OCH3 is 1. The van der Waals surface area contributed by atoms with Crippen molar-refractivity contribution >= 4 is 31.9 Å². The van der Waals surface area contributed by atoms with Gasteiger partial charge >= 0.3 is 0 Å². The van der Waals surface area contributed by atoms with Crippen molar-refractivity contribution in [2.75, 3.05) is 13.7 Å². The molecule has 0 aliphatic rings. The van der Waals surface area contributed by atoms with E-state index < -0.39 is 16.1 Å². The van der Waals surface area contributed by atoms with Crippen LogP contribution >= 0.6 is 15.9 Å². The van der Waals surface area contributed by atoms with Crippen LogP contribution in [0.3, 0.4) is 0 Å². The molecule has 10 heteroatoms. The largest absolute Gasteiger partial charge is 0.495 e.